The van der Waals surface area contributed by atoms with Crippen LogP contribution in [0, 0.1) is 0 Å². The van der Waals surface area contributed by atoms with Gasteiger partial charge >= 0.3 is 0 Å². The van der Waals surface area contributed by atoms with E-state index in [1.165, 1.54) is 0 Å². The van der Waals surface area contributed by atoms with Crippen molar-refractivity contribution in [2.24, 2.45) is 0 Å². The summed E-state index contributed by atoms with van der Waals surface area (Å²) in [5.74, 6) is 1.19. The van der Waals surface area contributed by atoms with Crippen LogP contribution in [0.1, 0.15) is 51.4 Å². The van der Waals surface area contributed by atoms with Crippen molar-refractivity contribution in [1.82, 2.24) is 14.5 Å². The summed E-state index contributed by atoms with van der Waals surface area (Å²) in [5, 5.41) is 0. The molecule has 134 valence electrons. The Morgan fingerprint density at radius 1 is 1.46 bits per heavy atom. The number of aromatic nitrogens is 2. The van der Waals surface area contributed by atoms with Gasteiger partial charge in [0.2, 0.25) is 0 Å². The monoisotopic (exact) mass is 335 g/mol. The van der Waals surface area contributed by atoms with E-state index in [0.717, 1.165) is 57.6 Å². The minimum atomic E-state index is -0.401. The molecule has 2 aliphatic rings. The van der Waals surface area contributed by atoms with Gasteiger partial charge in [-0.3, -0.25) is 4.79 Å². The zero-order valence-corrected chi connectivity index (χ0v) is 14.8. The number of imidazole rings is 1. The zero-order valence-electron chi connectivity index (χ0n) is 14.8. The molecule has 2 saturated heterocycles. The molecule has 0 aromatic carbocycles. The third-order valence-electron chi connectivity index (χ3n) is 5.07. The molecule has 6 heteroatoms. The van der Waals surface area contributed by atoms with E-state index in [0.29, 0.717) is 12.6 Å². The highest BCUT2D eigenvalue weighted by Crippen LogP contribution is 2.24. The summed E-state index contributed by atoms with van der Waals surface area (Å²) in [4.78, 5) is 19.1. The van der Waals surface area contributed by atoms with Gasteiger partial charge in [0.05, 0.1) is 18.8 Å². The topological polar surface area (TPSA) is 56.6 Å². The Kier molecular flexibility index (Phi) is 5.89. The van der Waals surface area contributed by atoms with Crippen molar-refractivity contribution in [3.8, 4) is 0 Å². The molecule has 1 aromatic heterocycles. The summed E-state index contributed by atoms with van der Waals surface area (Å²) in [6.45, 7) is 6.87. The van der Waals surface area contributed by atoms with Crippen LogP contribution in [0.15, 0.2) is 12.4 Å². The second-order valence-electron chi connectivity index (χ2n) is 6.80. The average Bonchev–Trinajstić information content (AvgIpc) is 3.30. The maximum absolute atomic E-state index is 12.7. The summed E-state index contributed by atoms with van der Waals surface area (Å²) >= 11 is 0. The van der Waals surface area contributed by atoms with Gasteiger partial charge in [0.25, 0.3) is 5.91 Å². The molecule has 3 heterocycles. The fourth-order valence-corrected chi connectivity index (χ4v) is 3.69. The highest BCUT2D eigenvalue weighted by atomic mass is 16.5. The van der Waals surface area contributed by atoms with E-state index in [9.17, 15) is 4.79 Å². The molecule has 0 saturated carbocycles. The van der Waals surface area contributed by atoms with E-state index in [-0.39, 0.29) is 12.0 Å². The average molecular weight is 335 g/mol. The van der Waals surface area contributed by atoms with Gasteiger partial charge in [0.15, 0.2) is 0 Å². The van der Waals surface area contributed by atoms with Gasteiger partial charge in [0, 0.05) is 38.5 Å². The third-order valence-corrected chi connectivity index (χ3v) is 5.07. The number of amides is 1. The molecule has 0 N–H and O–H groups in total. The molecule has 0 aliphatic carbocycles. The van der Waals surface area contributed by atoms with E-state index in [1.807, 2.05) is 24.2 Å². The van der Waals surface area contributed by atoms with Gasteiger partial charge in [-0.2, -0.15) is 0 Å². The first-order valence-corrected chi connectivity index (χ1v) is 9.22. The van der Waals surface area contributed by atoms with Crippen molar-refractivity contribution in [2.45, 2.75) is 64.2 Å². The Morgan fingerprint density at radius 3 is 3.08 bits per heavy atom. The number of hydrogen-bond acceptors (Lipinski definition) is 4. The van der Waals surface area contributed by atoms with E-state index in [1.54, 1.807) is 0 Å². The van der Waals surface area contributed by atoms with Gasteiger partial charge < -0.3 is 18.9 Å². The van der Waals surface area contributed by atoms with Crippen LogP contribution in [0.2, 0.25) is 0 Å². The predicted octanol–water partition coefficient (Wildman–Crippen LogP) is 2.19. The Bertz CT molecular complexity index is 539. The highest BCUT2D eigenvalue weighted by molar-refractivity contribution is 5.80. The maximum Gasteiger partial charge on any atom is 0.251 e. The summed E-state index contributed by atoms with van der Waals surface area (Å²) in [6, 6.07) is 0.325. The van der Waals surface area contributed by atoms with E-state index in [2.05, 4.69) is 16.5 Å². The summed E-state index contributed by atoms with van der Waals surface area (Å²) in [6.07, 6.45) is 8.81. The van der Waals surface area contributed by atoms with Crippen LogP contribution in [-0.4, -0.2) is 58.9 Å². The highest BCUT2D eigenvalue weighted by Gasteiger charge is 2.29. The largest absolute Gasteiger partial charge is 0.376 e. The zero-order chi connectivity index (χ0) is 16.9. The number of piperidine rings is 1. The molecule has 2 aliphatic heterocycles. The van der Waals surface area contributed by atoms with Gasteiger partial charge in [-0.1, -0.05) is 6.92 Å². The van der Waals surface area contributed by atoms with Gasteiger partial charge in [-0.05, 0) is 32.6 Å². The molecule has 3 atom stereocenters. The summed E-state index contributed by atoms with van der Waals surface area (Å²) < 4.78 is 13.6. The van der Waals surface area contributed by atoms with Crippen LogP contribution >= 0.6 is 0 Å². The fraction of sp³-hybridized carbons (Fsp3) is 0.778. The molecule has 3 rings (SSSR count). The second-order valence-corrected chi connectivity index (χ2v) is 6.80. The molecule has 6 nitrogen and oxygen atoms in total. The van der Waals surface area contributed by atoms with Gasteiger partial charge in [-0.15, -0.1) is 0 Å². The van der Waals surface area contributed by atoms with Crippen molar-refractivity contribution < 1.29 is 14.3 Å². The van der Waals surface area contributed by atoms with E-state index < -0.39 is 6.10 Å². The van der Waals surface area contributed by atoms with Crippen molar-refractivity contribution in [3.05, 3.63) is 18.2 Å². The molecule has 1 aromatic rings. The lowest BCUT2D eigenvalue weighted by atomic mass is 10.0. The number of hydrogen-bond donors (Lipinski definition) is 0. The molecule has 0 radical (unpaired) electrons. The fourth-order valence-electron chi connectivity index (χ4n) is 3.69. The predicted molar refractivity (Wildman–Crippen MR) is 90.8 cm³/mol. The molecule has 2 fully saturated rings. The first kappa shape index (κ1) is 17.4. The minimum Gasteiger partial charge on any atom is -0.376 e. The summed E-state index contributed by atoms with van der Waals surface area (Å²) in [5.41, 5.74) is 0. The lowest BCUT2D eigenvalue weighted by Gasteiger charge is -2.35. The Hall–Kier alpha value is -1.40. The Balaban J connectivity index is 1.54. The van der Waals surface area contributed by atoms with Crippen LogP contribution in [-0.2, 0) is 20.7 Å². The standard InChI is InChI=1S/C18H29N3O3/c1-3-17-19-8-10-21(17)15-6-4-9-20(12-15)18(22)14(2)24-13-16-7-5-11-23-16/h8,10,14-16H,3-7,9,11-13H2,1-2H3/t14-,15-,16-/m1/s1. The number of carbonyl (C=O) groups is 1. The van der Waals surface area contributed by atoms with Crippen molar-refractivity contribution in [3.63, 3.8) is 0 Å². The first-order valence-electron chi connectivity index (χ1n) is 9.22. The van der Waals surface area contributed by atoms with Gasteiger partial charge in [0.1, 0.15) is 11.9 Å². The molecular formula is C18H29N3O3. The minimum absolute atomic E-state index is 0.0934. The van der Waals surface area contributed by atoms with Crippen molar-refractivity contribution >= 4 is 5.91 Å². The number of nitrogens with zero attached hydrogens (tertiary/aromatic N) is 3. The molecule has 0 spiro atoms. The maximum atomic E-state index is 12.7. The van der Waals surface area contributed by atoms with Crippen LogP contribution in [0.3, 0.4) is 0 Å². The molecule has 24 heavy (non-hydrogen) atoms. The number of carbonyl (C=O) groups excluding carboxylic acids is 1. The lowest BCUT2D eigenvalue weighted by Crippen LogP contribution is -2.45. The molecule has 1 amide bonds. The Morgan fingerprint density at radius 2 is 2.33 bits per heavy atom. The number of rotatable bonds is 6. The van der Waals surface area contributed by atoms with E-state index >= 15 is 0 Å². The lowest BCUT2D eigenvalue weighted by molar-refractivity contribution is -0.146. The van der Waals surface area contributed by atoms with Crippen LogP contribution in [0.25, 0.3) is 0 Å². The van der Waals surface area contributed by atoms with Crippen LogP contribution in [0.5, 0.6) is 0 Å². The smallest absolute Gasteiger partial charge is 0.251 e. The summed E-state index contributed by atoms with van der Waals surface area (Å²) in [7, 11) is 0. The van der Waals surface area contributed by atoms with Crippen LogP contribution in [0.4, 0.5) is 0 Å². The molecular weight excluding hydrogens is 306 g/mol. The van der Waals surface area contributed by atoms with Crippen molar-refractivity contribution in [1.29, 1.82) is 0 Å². The Labute approximate surface area is 144 Å². The normalized spacial score (nSPS) is 25.8. The first-order chi connectivity index (χ1) is 11.7. The van der Waals surface area contributed by atoms with Crippen molar-refractivity contribution in [2.75, 3.05) is 26.3 Å². The molecule has 0 bridgehead atoms. The second kappa shape index (κ2) is 8.12. The quantitative estimate of drug-likeness (QED) is 0.800. The van der Waals surface area contributed by atoms with E-state index in [4.69, 9.17) is 9.47 Å². The number of aryl methyl sites for hydroxylation is 1. The van der Waals surface area contributed by atoms with Gasteiger partial charge in [-0.25, -0.2) is 4.98 Å². The SMILES string of the molecule is CCc1nccn1[C@@H]1CCCN(C(=O)[C@@H](C)OC[C@H]2CCCO2)C1. The van der Waals surface area contributed by atoms with Crippen LogP contribution < -0.4 is 0 Å². The molecule has 0 unspecified atom stereocenters. The number of ether oxygens (including phenoxy) is 2. The number of likely N-dealkylation sites (tertiary alicyclic amines) is 1. The third kappa shape index (κ3) is 3.98.